The number of furan rings is 1. The van der Waals surface area contributed by atoms with Crippen LogP contribution >= 0.6 is 0 Å². The largest absolute Gasteiger partial charge is 0.484 e. The van der Waals surface area contributed by atoms with Gasteiger partial charge >= 0.3 is 0 Å². The van der Waals surface area contributed by atoms with Gasteiger partial charge in [0.15, 0.2) is 12.4 Å². The van der Waals surface area contributed by atoms with Gasteiger partial charge in [0, 0.05) is 23.1 Å². The second-order valence-electron chi connectivity index (χ2n) is 7.09. The lowest BCUT2D eigenvalue weighted by Gasteiger charge is -2.08. The average molecular weight is 430 g/mol. The maximum absolute atomic E-state index is 13.1. The minimum Gasteiger partial charge on any atom is -0.484 e. The molecule has 0 spiro atoms. The molecule has 0 saturated carbocycles. The second-order valence-corrected chi connectivity index (χ2v) is 7.09. The van der Waals surface area contributed by atoms with Crippen LogP contribution in [-0.2, 0) is 4.79 Å². The Balaban J connectivity index is 1.55. The topological polar surface area (TPSA) is 112 Å². The maximum atomic E-state index is 13.1. The van der Waals surface area contributed by atoms with Gasteiger partial charge in [0.05, 0.1) is 10.6 Å². The molecule has 8 heteroatoms. The molecule has 0 bridgehead atoms. The Labute approximate surface area is 182 Å². The molecular formula is C24H18N2O6. The number of nitro groups is 1. The van der Waals surface area contributed by atoms with E-state index in [1.807, 2.05) is 19.1 Å². The van der Waals surface area contributed by atoms with Gasteiger partial charge < -0.3 is 14.5 Å². The predicted molar refractivity (Wildman–Crippen MR) is 118 cm³/mol. The van der Waals surface area contributed by atoms with Crippen LogP contribution in [0.2, 0.25) is 0 Å². The number of para-hydroxylation sites is 1. The number of anilines is 1. The number of nitro benzene ring substituents is 1. The first-order valence-corrected chi connectivity index (χ1v) is 9.72. The lowest BCUT2D eigenvalue weighted by molar-refractivity contribution is -0.384. The molecule has 4 aromatic rings. The molecule has 0 saturated heterocycles. The smallest absolute Gasteiger partial charge is 0.269 e. The Morgan fingerprint density at radius 3 is 2.38 bits per heavy atom. The molecule has 160 valence electrons. The maximum Gasteiger partial charge on any atom is 0.269 e. The van der Waals surface area contributed by atoms with Gasteiger partial charge in [0.25, 0.3) is 11.6 Å². The molecule has 8 nitrogen and oxygen atoms in total. The van der Waals surface area contributed by atoms with Crippen molar-refractivity contribution in [2.75, 3.05) is 11.9 Å². The fourth-order valence-corrected chi connectivity index (χ4v) is 3.15. The van der Waals surface area contributed by atoms with Crippen molar-refractivity contribution in [3.8, 4) is 5.75 Å². The number of ketones is 1. The van der Waals surface area contributed by atoms with E-state index in [9.17, 15) is 19.7 Å². The molecule has 3 aromatic carbocycles. The van der Waals surface area contributed by atoms with Gasteiger partial charge in [-0.05, 0) is 31.2 Å². The second kappa shape index (κ2) is 8.73. The van der Waals surface area contributed by atoms with Crippen LogP contribution in [-0.4, -0.2) is 23.2 Å². The molecule has 1 heterocycles. The van der Waals surface area contributed by atoms with Gasteiger partial charge in [0.1, 0.15) is 11.3 Å². The first kappa shape index (κ1) is 20.8. The summed E-state index contributed by atoms with van der Waals surface area (Å²) in [7, 11) is 0. The summed E-state index contributed by atoms with van der Waals surface area (Å²) in [5.74, 6) is -0.529. The fourth-order valence-electron chi connectivity index (χ4n) is 3.15. The highest BCUT2D eigenvalue weighted by atomic mass is 16.6. The van der Waals surface area contributed by atoms with Crippen LogP contribution in [0.15, 0.2) is 77.2 Å². The van der Waals surface area contributed by atoms with Gasteiger partial charge in [-0.25, -0.2) is 0 Å². The summed E-state index contributed by atoms with van der Waals surface area (Å²) in [5, 5.41) is 14.0. The number of hydrogen-bond acceptors (Lipinski definition) is 6. The van der Waals surface area contributed by atoms with E-state index < -0.39 is 10.8 Å². The minimum atomic E-state index is -0.521. The molecule has 0 aliphatic heterocycles. The molecule has 0 atom stereocenters. The highest BCUT2D eigenvalue weighted by Crippen LogP contribution is 2.32. The molecule has 1 amide bonds. The summed E-state index contributed by atoms with van der Waals surface area (Å²) in [6.45, 7) is 1.57. The van der Waals surface area contributed by atoms with Crippen LogP contribution in [0.5, 0.6) is 5.75 Å². The lowest BCUT2D eigenvalue weighted by atomic mass is 10.1. The number of amides is 1. The monoisotopic (exact) mass is 430 g/mol. The molecule has 0 fully saturated rings. The molecule has 1 aromatic heterocycles. The fraction of sp³-hybridized carbons (Fsp3) is 0.0833. The van der Waals surface area contributed by atoms with Crippen molar-refractivity contribution in [3.05, 3.63) is 99.8 Å². The normalized spacial score (nSPS) is 10.7. The molecular weight excluding hydrogens is 412 g/mol. The van der Waals surface area contributed by atoms with Gasteiger partial charge in [-0.1, -0.05) is 42.0 Å². The minimum absolute atomic E-state index is 0.0266. The Bertz CT molecular complexity index is 1310. The zero-order valence-electron chi connectivity index (χ0n) is 17.0. The van der Waals surface area contributed by atoms with Gasteiger partial charge in [-0.15, -0.1) is 0 Å². The van der Waals surface area contributed by atoms with Crippen molar-refractivity contribution in [3.63, 3.8) is 0 Å². The van der Waals surface area contributed by atoms with E-state index >= 15 is 0 Å². The van der Waals surface area contributed by atoms with Gasteiger partial charge in [-0.3, -0.25) is 19.7 Å². The number of carbonyl (C=O) groups is 2. The Morgan fingerprint density at radius 2 is 1.69 bits per heavy atom. The van der Waals surface area contributed by atoms with Crippen LogP contribution in [0, 0.1) is 17.0 Å². The van der Waals surface area contributed by atoms with Crippen LogP contribution < -0.4 is 10.1 Å². The highest BCUT2D eigenvalue weighted by molar-refractivity contribution is 6.17. The molecule has 4 rings (SSSR count). The summed E-state index contributed by atoms with van der Waals surface area (Å²) in [5.41, 5.74) is 2.11. The predicted octanol–water partition coefficient (Wildman–Crippen LogP) is 4.90. The van der Waals surface area contributed by atoms with Crippen LogP contribution in [0.25, 0.3) is 11.0 Å². The zero-order valence-corrected chi connectivity index (χ0v) is 17.0. The van der Waals surface area contributed by atoms with E-state index in [0.717, 1.165) is 5.56 Å². The number of carbonyl (C=O) groups excluding carboxylic acids is 2. The molecule has 0 aliphatic rings. The Kier molecular flexibility index (Phi) is 5.67. The van der Waals surface area contributed by atoms with Crippen molar-refractivity contribution in [2.45, 2.75) is 6.92 Å². The van der Waals surface area contributed by atoms with Gasteiger partial charge in [0.2, 0.25) is 5.78 Å². The SMILES string of the molecule is Cc1ccc(C(=O)c2oc3ccccc3c2NC(=O)COc2ccc([N+](=O)[O-])cc2)cc1. The quantitative estimate of drug-likeness (QED) is 0.254. The van der Waals surface area contributed by atoms with Crippen molar-refractivity contribution in [1.82, 2.24) is 0 Å². The molecule has 0 aliphatic carbocycles. The molecule has 0 unspecified atom stereocenters. The van der Waals surface area contributed by atoms with Crippen LogP contribution in [0.4, 0.5) is 11.4 Å². The average Bonchev–Trinajstić information content (AvgIpc) is 3.16. The number of rotatable bonds is 7. The number of nitrogens with one attached hydrogen (secondary N) is 1. The van der Waals surface area contributed by atoms with Crippen molar-refractivity contribution < 1.29 is 23.7 Å². The van der Waals surface area contributed by atoms with Crippen molar-refractivity contribution in [2.24, 2.45) is 0 Å². The lowest BCUT2D eigenvalue weighted by Crippen LogP contribution is -2.21. The summed E-state index contributed by atoms with van der Waals surface area (Å²) < 4.78 is 11.2. The zero-order chi connectivity index (χ0) is 22.7. The number of hydrogen-bond donors (Lipinski definition) is 1. The van der Waals surface area contributed by atoms with E-state index in [1.165, 1.54) is 24.3 Å². The van der Waals surface area contributed by atoms with E-state index in [-0.39, 0.29) is 29.5 Å². The summed E-state index contributed by atoms with van der Waals surface area (Å²) >= 11 is 0. The van der Waals surface area contributed by atoms with E-state index in [0.29, 0.717) is 22.3 Å². The summed E-state index contributed by atoms with van der Waals surface area (Å²) in [6.07, 6.45) is 0. The van der Waals surface area contributed by atoms with Crippen LogP contribution in [0.3, 0.4) is 0 Å². The van der Waals surface area contributed by atoms with Crippen molar-refractivity contribution in [1.29, 1.82) is 0 Å². The first-order chi connectivity index (χ1) is 15.4. The number of benzene rings is 3. The third kappa shape index (κ3) is 4.34. The summed E-state index contributed by atoms with van der Waals surface area (Å²) in [6, 6.07) is 19.5. The third-order valence-corrected chi connectivity index (χ3v) is 4.80. The van der Waals surface area contributed by atoms with E-state index in [4.69, 9.17) is 9.15 Å². The van der Waals surface area contributed by atoms with Crippen LogP contribution in [0.1, 0.15) is 21.7 Å². The highest BCUT2D eigenvalue weighted by Gasteiger charge is 2.23. The van der Waals surface area contributed by atoms with Gasteiger partial charge in [-0.2, -0.15) is 0 Å². The number of fused-ring (bicyclic) bond motifs is 1. The van der Waals surface area contributed by atoms with Crippen molar-refractivity contribution >= 4 is 34.0 Å². The number of non-ortho nitro benzene ring substituents is 1. The standard InChI is InChI=1S/C24H18N2O6/c1-15-6-8-16(9-7-15)23(28)24-22(19-4-2-3-5-20(19)32-24)25-21(27)14-31-18-12-10-17(11-13-18)26(29)30/h2-13H,14H2,1H3,(H,25,27). The van der Waals surface area contributed by atoms with E-state index in [1.54, 1.807) is 36.4 Å². The first-order valence-electron chi connectivity index (χ1n) is 9.72. The number of ether oxygens (including phenoxy) is 1. The number of aryl methyl sites for hydroxylation is 1. The number of nitrogens with zero attached hydrogens (tertiary/aromatic N) is 1. The Hall–Kier alpha value is -4.46. The molecule has 1 N–H and O–H groups in total. The Morgan fingerprint density at radius 1 is 1.00 bits per heavy atom. The summed E-state index contributed by atoms with van der Waals surface area (Å²) in [4.78, 5) is 35.8. The third-order valence-electron chi connectivity index (χ3n) is 4.80. The van der Waals surface area contributed by atoms with E-state index in [2.05, 4.69) is 5.32 Å². The molecule has 0 radical (unpaired) electrons. The molecule has 32 heavy (non-hydrogen) atoms.